The van der Waals surface area contributed by atoms with Gasteiger partial charge in [-0.3, -0.25) is 9.80 Å². The van der Waals surface area contributed by atoms with Crippen LogP contribution in [-0.4, -0.2) is 48.6 Å². The molecule has 2 heterocycles. The van der Waals surface area contributed by atoms with Crippen molar-refractivity contribution in [3.8, 4) is 6.07 Å². The highest BCUT2D eigenvalue weighted by Crippen LogP contribution is 2.20. The number of piperidine rings is 1. The number of hydrogen-bond acceptors (Lipinski definition) is 3. The van der Waals surface area contributed by atoms with E-state index >= 15 is 0 Å². The fourth-order valence-electron chi connectivity index (χ4n) is 2.46. The molecule has 0 aromatic rings. The van der Waals surface area contributed by atoms with E-state index in [0.29, 0.717) is 6.54 Å². The Hall–Kier alpha value is -0.590. The predicted molar refractivity (Wildman–Crippen MR) is 51.3 cm³/mol. The van der Waals surface area contributed by atoms with Crippen molar-refractivity contribution in [2.75, 3.05) is 32.7 Å². The van der Waals surface area contributed by atoms with E-state index in [-0.39, 0.29) is 0 Å². The number of fused-ring (bicyclic) bond motifs is 1. The fourth-order valence-corrected chi connectivity index (χ4v) is 2.46. The summed E-state index contributed by atoms with van der Waals surface area (Å²) < 4.78 is 0. The van der Waals surface area contributed by atoms with Gasteiger partial charge in [0.15, 0.2) is 0 Å². The molecule has 1 atom stereocenters. The van der Waals surface area contributed by atoms with Gasteiger partial charge in [-0.2, -0.15) is 5.26 Å². The molecule has 2 fully saturated rings. The predicted octanol–water partition coefficient (Wildman–Crippen LogP) is 0.680. The summed E-state index contributed by atoms with van der Waals surface area (Å²) in [4.78, 5) is 4.88. The van der Waals surface area contributed by atoms with Crippen LogP contribution in [0.3, 0.4) is 0 Å². The van der Waals surface area contributed by atoms with E-state index in [1.165, 1.54) is 32.4 Å². The first-order valence-corrected chi connectivity index (χ1v) is 5.23. The number of hydrogen-bond donors (Lipinski definition) is 0. The average Bonchev–Trinajstić information content (AvgIpc) is 2.18. The lowest BCUT2D eigenvalue weighted by atomic mass is 10.00. The maximum atomic E-state index is 8.61. The Morgan fingerprint density at radius 3 is 3.00 bits per heavy atom. The molecule has 3 heteroatoms. The normalized spacial score (nSPS) is 30.8. The largest absolute Gasteiger partial charge is 0.298 e. The minimum atomic E-state index is 0.615. The quantitative estimate of drug-likeness (QED) is 0.554. The van der Waals surface area contributed by atoms with Crippen molar-refractivity contribution >= 4 is 0 Å². The van der Waals surface area contributed by atoms with Gasteiger partial charge in [0.25, 0.3) is 0 Å². The Balaban J connectivity index is 1.88. The third-order valence-electron chi connectivity index (χ3n) is 3.22. The van der Waals surface area contributed by atoms with Crippen LogP contribution in [0.5, 0.6) is 0 Å². The van der Waals surface area contributed by atoms with Crippen molar-refractivity contribution in [3.63, 3.8) is 0 Å². The van der Waals surface area contributed by atoms with Gasteiger partial charge >= 0.3 is 0 Å². The lowest BCUT2D eigenvalue weighted by molar-refractivity contribution is 0.0560. The zero-order valence-electron chi connectivity index (χ0n) is 8.08. The van der Waals surface area contributed by atoms with Crippen molar-refractivity contribution in [3.05, 3.63) is 0 Å². The van der Waals surface area contributed by atoms with Crippen molar-refractivity contribution in [2.45, 2.75) is 25.3 Å². The van der Waals surface area contributed by atoms with Crippen LogP contribution in [0, 0.1) is 11.3 Å². The molecule has 2 rings (SSSR count). The van der Waals surface area contributed by atoms with Crippen LogP contribution in [0.2, 0.25) is 0 Å². The van der Waals surface area contributed by atoms with E-state index in [9.17, 15) is 0 Å². The van der Waals surface area contributed by atoms with Gasteiger partial charge in [0, 0.05) is 25.7 Å². The highest BCUT2D eigenvalue weighted by atomic mass is 15.3. The number of rotatable bonds is 1. The van der Waals surface area contributed by atoms with Crippen LogP contribution in [0.15, 0.2) is 0 Å². The molecule has 72 valence electrons. The molecule has 2 aliphatic rings. The Labute approximate surface area is 79.9 Å². The summed E-state index contributed by atoms with van der Waals surface area (Å²) in [5.74, 6) is 0. The highest BCUT2D eigenvalue weighted by Gasteiger charge is 2.28. The Kier molecular flexibility index (Phi) is 2.82. The number of piperazine rings is 1. The minimum Gasteiger partial charge on any atom is -0.298 e. The van der Waals surface area contributed by atoms with Crippen molar-refractivity contribution in [2.24, 2.45) is 0 Å². The summed E-state index contributed by atoms with van der Waals surface area (Å²) in [6.45, 7) is 5.28. The lowest BCUT2D eigenvalue weighted by Gasteiger charge is -2.43. The highest BCUT2D eigenvalue weighted by molar-refractivity contribution is 4.88. The van der Waals surface area contributed by atoms with Crippen LogP contribution >= 0.6 is 0 Å². The zero-order chi connectivity index (χ0) is 9.10. The van der Waals surface area contributed by atoms with Gasteiger partial charge in [-0.25, -0.2) is 0 Å². The summed E-state index contributed by atoms with van der Waals surface area (Å²) in [6, 6.07) is 2.99. The maximum Gasteiger partial charge on any atom is 0.0866 e. The van der Waals surface area contributed by atoms with Crippen LogP contribution in [0.1, 0.15) is 19.3 Å². The van der Waals surface area contributed by atoms with Crippen LogP contribution < -0.4 is 0 Å². The molecular formula is C10H17N3. The van der Waals surface area contributed by atoms with Crippen molar-refractivity contribution < 1.29 is 0 Å². The Bertz CT molecular complexity index is 209. The number of nitriles is 1. The first kappa shape index (κ1) is 8.98. The monoisotopic (exact) mass is 179 g/mol. The van der Waals surface area contributed by atoms with Gasteiger partial charge in [-0.05, 0) is 19.4 Å². The molecule has 0 unspecified atom stereocenters. The van der Waals surface area contributed by atoms with Gasteiger partial charge in [0.1, 0.15) is 0 Å². The topological polar surface area (TPSA) is 30.3 Å². The molecule has 2 saturated heterocycles. The summed E-state index contributed by atoms with van der Waals surface area (Å²) in [5.41, 5.74) is 0. The second-order valence-electron chi connectivity index (χ2n) is 4.08. The summed E-state index contributed by atoms with van der Waals surface area (Å²) >= 11 is 0. The Morgan fingerprint density at radius 1 is 1.23 bits per heavy atom. The van der Waals surface area contributed by atoms with Crippen LogP contribution in [0.25, 0.3) is 0 Å². The standard InChI is InChI=1S/C10H17N3/c11-4-6-12-7-8-13-5-2-1-3-10(13)9-12/h10H,1-3,5-9H2/t10-/m0/s1. The molecule has 0 spiro atoms. The van der Waals surface area contributed by atoms with Gasteiger partial charge in [0.2, 0.25) is 0 Å². The van der Waals surface area contributed by atoms with E-state index in [0.717, 1.165) is 19.1 Å². The second kappa shape index (κ2) is 4.08. The van der Waals surface area contributed by atoms with Crippen LogP contribution in [0.4, 0.5) is 0 Å². The SMILES string of the molecule is N#CCN1CCN2CCCC[C@H]2C1. The van der Waals surface area contributed by atoms with E-state index in [1.807, 2.05) is 0 Å². The molecule has 3 nitrogen and oxygen atoms in total. The Morgan fingerprint density at radius 2 is 2.15 bits per heavy atom. The van der Waals surface area contributed by atoms with Gasteiger partial charge in [-0.1, -0.05) is 6.42 Å². The van der Waals surface area contributed by atoms with Gasteiger partial charge in [0.05, 0.1) is 12.6 Å². The fraction of sp³-hybridized carbons (Fsp3) is 0.900. The van der Waals surface area contributed by atoms with E-state index < -0.39 is 0 Å². The second-order valence-corrected chi connectivity index (χ2v) is 4.08. The third kappa shape index (κ3) is 2.01. The molecule has 0 radical (unpaired) electrons. The molecule has 0 bridgehead atoms. The van der Waals surface area contributed by atoms with E-state index in [2.05, 4.69) is 15.9 Å². The molecular weight excluding hydrogens is 162 g/mol. The molecule has 0 aliphatic carbocycles. The van der Waals surface area contributed by atoms with E-state index in [4.69, 9.17) is 5.26 Å². The smallest absolute Gasteiger partial charge is 0.0866 e. The molecule has 0 saturated carbocycles. The van der Waals surface area contributed by atoms with E-state index in [1.54, 1.807) is 0 Å². The first-order valence-electron chi connectivity index (χ1n) is 5.23. The lowest BCUT2D eigenvalue weighted by Crippen LogP contribution is -2.54. The third-order valence-corrected chi connectivity index (χ3v) is 3.22. The summed E-state index contributed by atoms with van der Waals surface area (Å²) in [6.07, 6.45) is 4.08. The first-order chi connectivity index (χ1) is 6.40. The molecule has 0 N–H and O–H groups in total. The van der Waals surface area contributed by atoms with Crippen molar-refractivity contribution in [1.29, 1.82) is 5.26 Å². The minimum absolute atomic E-state index is 0.615. The average molecular weight is 179 g/mol. The van der Waals surface area contributed by atoms with Crippen LogP contribution in [-0.2, 0) is 0 Å². The maximum absolute atomic E-state index is 8.61. The van der Waals surface area contributed by atoms with Gasteiger partial charge in [-0.15, -0.1) is 0 Å². The molecule has 0 aromatic carbocycles. The zero-order valence-corrected chi connectivity index (χ0v) is 8.08. The molecule has 13 heavy (non-hydrogen) atoms. The number of nitrogens with zero attached hydrogens (tertiary/aromatic N) is 3. The van der Waals surface area contributed by atoms with Gasteiger partial charge < -0.3 is 0 Å². The van der Waals surface area contributed by atoms with Crippen molar-refractivity contribution in [1.82, 2.24) is 9.80 Å². The molecule has 2 aliphatic heterocycles. The summed E-state index contributed by atoms with van der Waals surface area (Å²) in [5, 5.41) is 8.61. The molecule has 0 aromatic heterocycles. The molecule has 0 amide bonds. The summed E-state index contributed by atoms with van der Waals surface area (Å²) in [7, 11) is 0.